The van der Waals surface area contributed by atoms with Crippen LogP contribution in [0.25, 0.3) is 0 Å². The van der Waals surface area contributed by atoms with Crippen molar-refractivity contribution in [2.24, 2.45) is 23.5 Å². The number of rotatable bonds is 3. The van der Waals surface area contributed by atoms with E-state index in [9.17, 15) is 0 Å². The van der Waals surface area contributed by atoms with Crippen LogP contribution >= 0.6 is 11.6 Å². The number of halogens is 1. The van der Waals surface area contributed by atoms with Crippen molar-refractivity contribution in [2.45, 2.75) is 44.6 Å². The van der Waals surface area contributed by atoms with Gasteiger partial charge in [-0.3, -0.25) is 0 Å². The Hall–Kier alpha value is -0.730. The molecule has 0 aromatic heterocycles. The topological polar surface area (TPSA) is 35.2 Å². The first kappa shape index (κ1) is 13.0. The average Bonchev–Trinajstić information content (AvgIpc) is 3.12. The predicted molar refractivity (Wildman–Crippen MR) is 81.1 cm³/mol. The van der Waals surface area contributed by atoms with Crippen molar-refractivity contribution in [1.29, 1.82) is 0 Å². The first-order chi connectivity index (χ1) is 9.70. The summed E-state index contributed by atoms with van der Waals surface area (Å²) in [5.41, 5.74) is 8.87. The van der Waals surface area contributed by atoms with E-state index in [1.165, 1.54) is 31.2 Å². The maximum atomic E-state index is 6.51. The lowest BCUT2D eigenvalue weighted by molar-refractivity contribution is 0.291. The molecule has 1 aliphatic heterocycles. The first-order valence-electron chi connectivity index (χ1n) is 7.91. The van der Waals surface area contributed by atoms with Crippen LogP contribution in [0.1, 0.15) is 49.3 Å². The zero-order valence-corrected chi connectivity index (χ0v) is 12.5. The summed E-state index contributed by atoms with van der Waals surface area (Å²) in [6.45, 7) is 0.767. The van der Waals surface area contributed by atoms with Gasteiger partial charge in [0.2, 0.25) is 0 Å². The summed E-state index contributed by atoms with van der Waals surface area (Å²) in [5, 5.41) is 0.799. The summed E-state index contributed by atoms with van der Waals surface area (Å²) in [6, 6.07) is 4.12. The van der Waals surface area contributed by atoms with Crippen LogP contribution in [0.2, 0.25) is 5.02 Å². The first-order valence-corrected chi connectivity index (χ1v) is 8.29. The largest absolute Gasteiger partial charge is 0.493 e. The van der Waals surface area contributed by atoms with Crippen molar-refractivity contribution >= 4 is 11.6 Å². The van der Waals surface area contributed by atoms with Crippen LogP contribution < -0.4 is 10.5 Å². The van der Waals surface area contributed by atoms with Crippen LogP contribution in [-0.2, 0) is 6.42 Å². The van der Waals surface area contributed by atoms with Gasteiger partial charge in [-0.25, -0.2) is 0 Å². The molecule has 4 unspecified atom stereocenters. The van der Waals surface area contributed by atoms with Gasteiger partial charge in [0.1, 0.15) is 5.75 Å². The highest BCUT2D eigenvalue weighted by Gasteiger charge is 2.40. The molecule has 0 saturated heterocycles. The SMILES string of the molecule is NC(CC1CC2CCC1C2)c1cc(Cl)cc2c1OCC2. The van der Waals surface area contributed by atoms with Gasteiger partial charge in [-0.1, -0.05) is 18.0 Å². The second kappa shape index (κ2) is 4.92. The summed E-state index contributed by atoms with van der Waals surface area (Å²) in [7, 11) is 0. The van der Waals surface area contributed by atoms with E-state index in [4.69, 9.17) is 22.1 Å². The second-order valence-corrected chi connectivity index (χ2v) is 7.30. The molecule has 2 saturated carbocycles. The molecule has 2 N–H and O–H groups in total. The zero-order chi connectivity index (χ0) is 13.7. The van der Waals surface area contributed by atoms with Crippen LogP contribution in [0.4, 0.5) is 0 Å². The third-order valence-corrected chi connectivity index (χ3v) is 5.84. The minimum Gasteiger partial charge on any atom is -0.493 e. The highest BCUT2D eigenvalue weighted by atomic mass is 35.5. The zero-order valence-electron chi connectivity index (χ0n) is 11.8. The normalized spacial score (nSPS) is 32.2. The Labute approximate surface area is 125 Å². The van der Waals surface area contributed by atoms with Crippen LogP contribution in [0, 0.1) is 17.8 Å². The molecule has 2 fully saturated rings. The second-order valence-electron chi connectivity index (χ2n) is 6.86. The molecule has 0 radical (unpaired) electrons. The molecule has 1 heterocycles. The van der Waals surface area contributed by atoms with E-state index in [2.05, 4.69) is 0 Å². The van der Waals surface area contributed by atoms with Gasteiger partial charge in [0, 0.05) is 23.0 Å². The molecule has 3 heteroatoms. The third-order valence-electron chi connectivity index (χ3n) is 5.62. The van der Waals surface area contributed by atoms with E-state index in [0.717, 1.165) is 53.5 Å². The molecule has 108 valence electrons. The van der Waals surface area contributed by atoms with Crippen molar-refractivity contribution in [3.05, 3.63) is 28.3 Å². The molecular weight excluding hydrogens is 270 g/mol. The number of fused-ring (bicyclic) bond motifs is 3. The monoisotopic (exact) mass is 291 g/mol. The minimum atomic E-state index is 0.0740. The van der Waals surface area contributed by atoms with Crippen molar-refractivity contribution < 1.29 is 4.74 Å². The fourth-order valence-electron chi connectivity index (χ4n) is 4.69. The Balaban J connectivity index is 1.55. The minimum absolute atomic E-state index is 0.0740. The lowest BCUT2D eigenvalue weighted by Crippen LogP contribution is -2.20. The van der Waals surface area contributed by atoms with Crippen LogP contribution in [0.15, 0.2) is 12.1 Å². The van der Waals surface area contributed by atoms with Gasteiger partial charge < -0.3 is 10.5 Å². The van der Waals surface area contributed by atoms with Crippen LogP contribution in [0.3, 0.4) is 0 Å². The lowest BCUT2D eigenvalue weighted by atomic mass is 9.82. The van der Waals surface area contributed by atoms with E-state index in [1.807, 2.05) is 12.1 Å². The third kappa shape index (κ3) is 2.14. The summed E-state index contributed by atoms with van der Waals surface area (Å²) in [4.78, 5) is 0. The van der Waals surface area contributed by atoms with E-state index in [-0.39, 0.29) is 6.04 Å². The number of benzene rings is 1. The quantitative estimate of drug-likeness (QED) is 0.910. The number of hydrogen-bond acceptors (Lipinski definition) is 2. The van der Waals surface area contributed by atoms with Gasteiger partial charge in [-0.15, -0.1) is 0 Å². The van der Waals surface area contributed by atoms with Gasteiger partial charge in [-0.05, 0) is 61.1 Å². The fraction of sp³-hybridized carbons (Fsp3) is 0.647. The van der Waals surface area contributed by atoms with Gasteiger partial charge in [0.25, 0.3) is 0 Å². The molecule has 4 rings (SSSR count). The summed E-state index contributed by atoms with van der Waals surface area (Å²) < 4.78 is 5.79. The summed E-state index contributed by atoms with van der Waals surface area (Å²) >= 11 is 6.24. The lowest BCUT2D eigenvalue weighted by Gasteiger charge is -2.25. The Bertz CT molecular complexity index is 530. The maximum absolute atomic E-state index is 6.51. The molecule has 2 aliphatic carbocycles. The van der Waals surface area contributed by atoms with E-state index in [0.29, 0.717) is 0 Å². The Morgan fingerprint density at radius 2 is 2.20 bits per heavy atom. The van der Waals surface area contributed by atoms with Gasteiger partial charge in [-0.2, -0.15) is 0 Å². The van der Waals surface area contributed by atoms with E-state index in [1.54, 1.807) is 0 Å². The maximum Gasteiger partial charge on any atom is 0.127 e. The highest BCUT2D eigenvalue weighted by Crippen LogP contribution is 2.51. The number of nitrogens with two attached hydrogens (primary N) is 1. The fourth-order valence-corrected chi connectivity index (χ4v) is 4.94. The molecule has 2 nitrogen and oxygen atoms in total. The van der Waals surface area contributed by atoms with Crippen molar-refractivity contribution in [2.75, 3.05) is 6.61 Å². The molecule has 2 bridgehead atoms. The molecule has 20 heavy (non-hydrogen) atoms. The molecular formula is C17H22ClNO. The number of hydrogen-bond donors (Lipinski definition) is 1. The Morgan fingerprint density at radius 3 is 2.95 bits per heavy atom. The average molecular weight is 292 g/mol. The van der Waals surface area contributed by atoms with Gasteiger partial charge in [0.15, 0.2) is 0 Å². The molecule has 0 spiro atoms. The molecule has 0 amide bonds. The van der Waals surface area contributed by atoms with Gasteiger partial charge in [0.05, 0.1) is 6.61 Å². The van der Waals surface area contributed by atoms with Crippen molar-refractivity contribution in [3.8, 4) is 5.75 Å². The highest BCUT2D eigenvalue weighted by molar-refractivity contribution is 6.30. The molecule has 1 aromatic rings. The molecule has 1 aromatic carbocycles. The Kier molecular flexibility index (Phi) is 3.19. The summed E-state index contributed by atoms with van der Waals surface area (Å²) in [5.74, 6) is 3.75. The van der Waals surface area contributed by atoms with Crippen molar-refractivity contribution in [1.82, 2.24) is 0 Å². The van der Waals surface area contributed by atoms with Gasteiger partial charge >= 0.3 is 0 Å². The smallest absolute Gasteiger partial charge is 0.127 e. The van der Waals surface area contributed by atoms with Crippen LogP contribution in [-0.4, -0.2) is 6.61 Å². The van der Waals surface area contributed by atoms with E-state index >= 15 is 0 Å². The van der Waals surface area contributed by atoms with Crippen LogP contribution in [0.5, 0.6) is 5.75 Å². The number of ether oxygens (including phenoxy) is 1. The molecule has 4 atom stereocenters. The molecule has 3 aliphatic rings. The predicted octanol–water partition coefficient (Wildman–Crippen LogP) is 4.10. The summed E-state index contributed by atoms with van der Waals surface area (Å²) in [6.07, 6.45) is 7.77. The van der Waals surface area contributed by atoms with E-state index < -0.39 is 0 Å². The van der Waals surface area contributed by atoms with Crippen molar-refractivity contribution in [3.63, 3.8) is 0 Å². The Morgan fingerprint density at radius 1 is 1.30 bits per heavy atom. The standard InChI is InChI=1S/C17H22ClNO/c18-14-7-12-3-4-20-17(12)15(9-14)16(19)8-13-6-10-1-2-11(13)5-10/h7,9-11,13,16H,1-6,8,19H2.